The summed E-state index contributed by atoms with van der Waals surface area (Å²) in [5.74, 6) is -117. The zero-order valence-electron chi connectivity index (χ0n) is 27.0. The molecule has 0 amide bonds. The summed E-state index contributed by atoms with van der Waals surface area (Å²) in [5.41, 5.74) is 0. The van der Waals surface area contributed by atoms with E-state index in [4.69, 9.17) is 5.11 Å². The fourth-order valence-corrected chi connectivity index (χ4v) is 4.88. The molecule has 0 aromatic carbocycles. The molecule has 0 unspecified atom stereocenters. The Bertz CT molecular complexity index is 1600. The number of carboxylic acid groups (broad SMARTS) is 1. The first-order valence-corrected chi connectivity index (χ1v) is 15.1. The normalized spacial score (nSPS) is 16.5. The molecule has 0 aromatic rings. The van der Waals surface area contributed by atoms with Gasteiger partial charge in [-0.3, -0.25) is 4.79 Å². The molecule has 0 radical (unpaired) electrons. The highest BCUT2D eigenvalue weighted by Gasteiger charge is 3.01. The van der Waals surface area contributed by atoms with E-state index in [0.717, 1.165) is 14.1 Å². The molecule has 0 spiro atoms. The maximum atomic E-state index is 14.2. The smallest absolute Gasteiger partial charge is 0.460 e. The Labute approximate surface area is 300 Å². The molecule has 0 atom stereocenters. The average Bonchev–Trinajstić information content (AvgIpc) is 3.00. The summed E-state index contributed by atoms with van der Waals surface area (Å²) in [5, 5.41) is 0.476. The lowest BCUT2D eigenvalue weighted by atomic mass is 9.84. The van der Waals surface area contributed by atoms with Crippen molar-refractivity contribution in [2.45, 2.75) is 95.3 Å². The van der Waals surface area contributed by atoms with Crippen molar-refractivity contribution < 1.29 is 150 Å². The molecule has 0 saturated heterocycles. The minimum absolute atomic E-state index is 0.255. The van der Waals surface area contributed by atoms with Crippen LogP contribution in [0.15, 0.2) is 0 Å². The molecule has 58 heavy (non-hydrogen) atoms. The molecule has 2 N–H and O–H groups in total. The zero-order valence-corrected chi connectivity index (χ0v) is 27.8. The Hall–Kier alpha value is -2.69. The predicted octanol–water partition coefficient (Wildman–Crippen LogP) is 8.63. The molecule has 36 heteroatoms. The predicted molar refractivity (Wildman–Crippen MR) is 126 cm³/mol. The molecule has 0 aliphatic carbocycles. The van der Waals surface area contributed by atoms with E-state index in [1.54, 1.807) is 0 Å². The van der Waals surface area contributed by atoms with Crippen LogP contribution >= 0.6 is 0 Å². The van der Waals surface area contributed by atoms with E-state index in [9.17, 15) is 141 Å². The van der Waals surface area contributed by atoms with Gasteiger partial charge in [-0.2, -0.15) is 127 Å². The van der Waals surface area contributed by atoms with Gasteiger partial charge in [0.2, 0.25) is 0 Å². The van der Waals surface area contributed by atoms with Gasteiger partial charge in [-0.25, -0.2) is 13.1 Å². The summed E-state index contributed by atoms with van der Waals surface area (Å²) >= 11 is 0. The molecule has 0 aliphatic rings. The van der Waals surface area contributed by atoms with Gasteiger partial charge in [-0.15, -0.1) is 0 Å². The van der Waals surface area contributed by atoms with Crippen molar-refractivity contribution in [3.05, 3.63) is 0 Å². The minimum Gasteiger partial charge on any atom is -0.481 e. The standard InChI is InChI=1S/C22H17F29N2O4S/c1-53(2,7-4-8(54)55)6-3-5-52-58(56,57)22(50,51)20(45,46)18(41,42)16(37,38)14(33,34)12(29,30)10(25,26)9(23,24)11(27,28)13(31,32)15(35,36)17(39,40)19(43,44)21(47,48)49/h52H,3-7H2,1-2H3/p+1. The van der Waals surface area contributed by atoms with E-state index in [1.807, 2.05) is 0 Å². The quantitative estimate of drug-likeness (QED) is 0.0687. The topological polar surface area (TPSA) is 83.5 Å². The first kappa shape index (κ1) is 55.3. The summed E-state index contributed by atoms with van der Waals surface area (Å²) in [4.78, 5) is 10.6. The number of nitrogens with zero attached hydrogens (tertiary/aromatic N) is 1. The summed E-state index contributed by atoms with van der Waals surface area (Å²) in [6, 6.07) is 0. The van der Waals surface area contributed by atoms with E-state index in [1.165, 1.54) is 0 Å². The number of rotatable bonds is 21. The van der Waals surface area contributed by atoms with Gasteiger partial charge in [0.05, 0.1) is 33.6 Å². The van der Waals surface area contributed by atoms with Crippen LogP contribution in [0.3, 0.4) is 0 Å². The molecule has 0 rings (SSSR count). The number of nitrogens with one attached hydrogen (secondary N) is 1. The van der Waals surface area contributed by atoms with Crippen molar-refractivity contribution in [3.63, 3.8) is 0 Å². The van der Waals surface area contributed by atoms with Gasteiger partial charge in [-0.1, -0.05) is 0 Å². The average molecular weight is 957 g/mol. The largest absolute Gasteiger partial charge is 0.481 e. The van der Waals surface area contributed by atoms with Crippen LogP contribution in [0.5, 0.6) is 0 Å². The van der Waals surface area contributed by atoms with Crippen molar-refractivity contribution in [1.82, 2.24) is 4.72 Å². The Morgan fingerprint density at radius 3 is 0.931 bits per heavy atom. The molecular formula is C22H18F29N2O4S+. The lowest BCUT2D eigenvalue weighted by molar-refractivity contribution is -0.889. The second-order valence-corrected chi connectivity index (χ2v) is 14.0. The van der Waals surface area contributed by atoms with Crippen LogP contribution < -0.4 is 4.72 Å². The highest BCUT2D eigenvalue weighted by Crippen LogP contribution is 2.69. The van der Waals surface area contributed by atoms with Crippen LogP contribution in [0.2, 0.25) is 0 Å². The highest BCUT2D eigenvalue weighted by atomic mass is 32.2. The second-order valence-electron chi connectivity index (χ2n) is 12.2. The van der Waals surface area contributed by atoms with Gasteiger partial charge in [0, 0.05) is 13.0 Å². The number of carbonyl (C=O) groups is 1. The molecule has 0 saturated carbocycles. The zero-order chi connectivity index (χ0) is 47.8. The van der Waals surface area contributed by atoms with Crippen molar-refractivity contribution >= 4 is 16.0 Å². The summed E-state index contributed by atoms with van der Waals surface area (Å²) in [6.07, 6.45) is -9.97. The third kappa shape index (κ3) is 7.63. The fourth-order valence-electron chi connectivity index (χ4n) is 3.82. The number of aliphatic carboxylic acids is 1. The van der Waals surface area contributed by atoms with Gasteiger partial charge in [0.1, 0.15) is 0 Å². The number of hydrogen-bond acceptors (Lipinski definition) is 3. The van der Waals surface area contributed by atoms with Gasteiger partial charge >= 0.3 is 88.5 Å². The summed E-state index contributed by atoms with van der Waals surface area (Å²) in [6.45, 7) is -2.68. The van der Waals surface area contributed by atoms with Crippen LogP contribution in [-0.4, -0.2) is 140 Å². The van der Waals surface area contributed by atoms with Crippen LogP contribution in [0, 0.1) is 0 Å². The Balaban J connectivity index is 7.24. The third-order valence-electron chi connectivity index (χ3n) is 7.56. The van der Waals surface area contributed by atoms with Crippen LogP contribution in [0.4, 0.5) is 127 Å². The number of sulfonamides is 1. The number of alkyl halides is 29. The molecular weight excluding hydrogens is 939 g/mol. The maximum absolute atomic E-state index is 14.2. The lowest BCUT2D eigenvalue weighted by Gasteiger charge is -2.46. The summed E-state index contributed by atoms with van der Waals surface area (Å²) < 4.78 is 419. The molecule has 0 aliphatic heterocycles. The highest BCUT2D eigenvalue weighted by molar-refractivity contribution is 7.90. The number of halogens is 29. The molecule has 6 nitrogen and oxygen atoms in total. The van der Waals surface area contributed by atoms with Crippen molar-refractivity contribution in [3.8, 4) is 0 Å². The molecule has 0 bridgehead atoms. The van der Waals surface area contributed by atoms with Crippen LogP contribution in [0.25, 0.3) is 0 Å². The van der Waals surface area contributed by atoms with Crippen molar-refractivity contribution in [2.24, 2.45) is 0 Å². The molecule has 348 valence electrons. The van der Waals surface area contributed by atoms with Crippen LogP contribution in [0.1, 0.15) is 12.8 Å². The lowest BCUT2D eigenvalue weighted by Crippen LogP contribution is -2.79. The Kier molecular flexibility index (Phi) is 14.1. The molecule has 0 aromatic heterocycles. The monoisotopic (exact) mass is 957 g/mol. The molecule has 0 fully saturated rings. The van der Waals surface area contributed by atoms with Gasteiger partial charge < -0.3 is 9.59 Å². The molecule has 0 heterocycles. The van der Waals surface area contributed by atoms with E-state index >= 15 is 0 Å². The second kappa shape index (κ2) is 14.7. The SMILES string of the molecule is C[N+](C)(CCCNS(=O)(=O)C(F)(F)C(F)(F)C(F)(F)C(F)(F)C(F)(F)C(F)(F)C(F)(F)C(F)(F)C(F)(F)C(F)(F)C(F)(F)C(F)(F)C(F)(F)C(F)(F)F)CCC(=O)O. The van der Waals surface area contributed by atoms with Crippen molar-refractivity contribution in [1.29, 1.82) is 0 Å². The first-order valence-electron chi connectivity index (χ1n) is 13.6. The van der Waals surface area contributed by atoms with Gasteiger partial charge in [0.25, 0.3) is 10.0 Å². The summed E-state index contributed by atoms with van der Waals surface area (Å²) in [7, 11) is -5.59. The first-order chi connectivity index (χ1) is 24.6. The Morgan fingerprint density at radius 1 is 0.448 bits per heavy atom. The minimum atomic E-state index is -10.1. The Morgan fingerprint density at radius 2 is 0.690 bits per heavy atom. The van der Waals surface area contributed by atoms with E-state index in [-0.39, 0.29) is 11.3 Å². The number of quaternary nitrogens is 1. The fraction of sp³-hybridized carbons (Fsp3) is 0.955. The third-order valence-corrected chi connectivity index (χ3v) is 9.08. The maximum Gasteiger partial charge on any atom is 0.460 e. The van der Waals surface area contributed by atoms with Crippen LogP contribution in [-0.2, 0) is 14.8 Å². The van der Waals surface area contributed by atoms with E-state index in [0.29, 0.717) is 0 Å². The van der Waals surface area contributed by atoms with Crippen molar-refractivity contribution in [2.75, 3.05) is 33.7 Å². The number of hydrogen-bond donors (Lipinski definition) is 2. The van der Waals surface area contributed by atoms with Gasteiger partial charge in [-0.05, 0) is 0 Å². The van der Waals surface area contributed by atoms with E-state index < -0.39 is 129 Å². The van der Waals surface area contributed by atoms with E-state index in [2.05, 4.69) is 0 Å². The number of carboxylic acids is 1. The van der Waals surface area contributed by atoms with Gasteiger partial charge in [0.15, 0.2) is 0 Å².